The number of nitrogen functional groups attached to an aromatic ring is 1. The maximum atomic E-state index is 12.9. The van der Waals surface area contributed by atoms with E-state index in [0.29, 0.717) is 6.42 Å². The molecular formula is C12H12FNO2S2. The lowest BCUT2D eigenvalue weighted by Gasteiger charge is -2.07. The number of hydrogen-bond donors (Lipinski definition) is 1. The van der Waals surface area contributed by atoms with Gasteiger partial charge in [0.2, 0.25) is 0 Å². The fraction of sp³-hybridized carbons (Fsp3) is 0.167. The molecule has 1 aromatic heterocycles. The van der Waals surface area contributed by atoms with Gasteiger partial charge in [-0.1, -0.05) is 0 Å². The third-order valence-corrected chi connectivity index (χ3v) is 5.06. The van der Waals surface area contributed by atoms with Gasteiger partial charge in [-0.05, 0) is 47.0 Å². The highest BCUT2D eigenvalue weighted by Crippen LogP contribution is 2.21. The van der Waals surface area contributed by atoms with Crippen molar-refractivity contribution in [3.63, 3.8) is 0 Å². The standard InChI is InChI=1S/C12H12FNO2S2/c13-10-1-2-12(11(14)7-10)18(15,16)6-4-9-3-5-17-8-9/h1-3,5,7-8H,4,6,14H2. The summed E-state index contributed by atoms with van der Waals surface area (Å²) in [5, 5.41) is 3.80. The minimum atomic E-state index is -3.47. The van der Waals surface area contributed by atoms with Gasteiger partial charge in [-0.25, -0.2) is 12.8 Å². The first kappa shape index (κ1) is 13.0. The zero-order chi connectivity index (χ0) is 13.2. The summed E-state index contributed by atoms with van der Waals surface area (Å²) in [6.45, 7) is 0. The molecule has 18 heavy (non-hydrogen) atoms. The van der Waals surface area contributed by atoms with Gasteiger partial charge in [-0.3, -0.25) is 0 Å². The second-order valence-corrected chi connectivity index (χ2v) is 6.74. The molecule has 2 rings (SSSR count). The van der Waals surface area contributed by atoms with Crippen molar-refractivity contribution in [3.8, 4) is 0 Å². The number of sulfone groups is 1. The first-order valence-corrected chi connectivity index (χ1v) is 7.87. The summed E-state index contributed by atoms with van der Waals surface area (Å²) in [7, 11) is -3.47. The van der Waals surface area contributed by atoms with Crippen LogP contribution < -0.4 is 5.73 Å². The monoisotopic (exact) mass is 285 g/mol. The summed E-state index contributed by atoms with van der Waals surface area (Å²) >= 11 is 1.52. The van der Waals surface area contributed by atoms with E-state index in [4.69, 9.17) is 5.73 Å². The van der Waals surface area contributed by atoms with Gasteiger partial charge in [-0.15, -0.1) is 0 Å². The summed E-state index contributed by atoms with van der Waals surface area (Å²) in [5.74, 6) is -0.566. The summed E-state index contributed by atoms with van der Waals surface area (Å²) in [5.41, 5.74) is 6.47. The zero-order valence-electron chi connectivity index (χ0n) is 9.47. The number of aryl methyl sites for hydroxylation is 1. The molecule has 1 heterocycles. The molecule has 0 amide bonds. The van der Waals surface area contributed by atoms with Gasteiger partial charge in [0.1, 0.15) is 5.82 Å². The van der Waals surface area contributed by atoms with Crippen molar-refractivity contribution in [3.05, 3.63) is 46.4 Å². The fourth-order valence-electron chi connectivity index (χ4n) is 1.60. The Morgan fingerprint density at radius 2 is 2.06 bits per heavy atom. The number of thiophene rings is 1. The molecule has 96 valence electrons. The van der Waals surface area contributed by atoms with Gasteiger partial charge in [0.05, 0.1) is 16.3 Å². The van der Waals surface area contributed by atoms with Crippen molar-refractivity contribution in [2.24, 2.45) is 0 Å². The molecule has 0 saturated carbocycles. The summed E-state index contributed by atoms with van der Waals surface area (Å²) in [6.07, 6.45) is 0.433. The molecule has 0 fully saturated rings. The minimum absolute atomic E-state index is 0.000806. The summed E-state index contributed by atoms with van der Waals surface area (Å²) in [6, 6.07) is 5.23. The van der Waals surface area contributed by atoms with Crippen molar-refractivity contribution in [1.29, 1.82) is 0 Å². The van der Waals surface area contributed by atoms with Crippen molar-refractivity contribution < 1.29 is 12.8 Å². The fourth-order valence-corrected chi connectivity index (χ4v) is 3.72. The third kappa shape index (κ3) is 2.88. The molecule has 3 nitrogen and oxygen atoms in total. The first-order valence-electron chi connectivity index (χ1n) is 5.28. The van der Waals surface area contributed by atoms with Crippen LogP contribution in [0.5, 0.6) is 0 Å². The molecule has 2 aromatic rings. The van der Waals surface area contributed by atoms with Crippen LogP contribution >= 0.6 is 11.3 Å². The lowest BCUT2D eigenvalue weighted by Crippen LogP contribution is -2.11. The summed E-state index contributed by atoms with van der Waals surface area (Å²) < 4.78 is 37.0. The van der Waals surface area contributed by atoms with E-state index in [1.807, 2.05) is 16.8 Å². The van der Waals surface area contributed by atoms with E-state index in [1.54, 1.807) is 0 Å². The Morgan fingerprint density at radius 1 is 1.28 bits per heavy atom. The molecule has 0 unspecified atom stereocenters. The number of nitrogens with two attached hydrogens (primary N) is 1. The second kappa shape index (κ2) is 5.07. The maximum Gasteiger partial charge on any atom is 0.180 e. The highest BCUT2D eigenvalue weighted by atomic mass is 32.2. The number of hydrogen-bond acceptors (Lipinski definition) is 4. The molecule has 0 aliphatic carbocycles. The summed E-state index contributed by atoms with van der Waals surface area (Å²) in [4.78, 5) is -0.000806. The molecule has 0 bridgehead atoms. The highest BCUT2D eigenvalue weighted by molar-refractivity contribution is 7.91. The van der Waals surface area contributed by atoms with Gasteiger partial charge in [0, 0.05) is 0 Å². The van der Waals surface area contributed by atoms with Crippen LogP contribution in [0.25, 0.3) is 0 Å². The first-order chi connectivity index (χ1) is 8.49. The molecule has 0 aliphatic heterocycles. The van der Waals surface area contributed by atoms with Gasteiger partial charge < -0.3 is 5.73 Å². The Balaban J connectivity index is 2.20. The van der Waals surface area contributed by atoms with Crippen LogP contribution in [0.2, 0.25) is 0 Å². The number of anilines is 1. The Bertz CT molecular complexity index is 636. The molecule has 1 aromatic carbocycles. The van der Waals surface area contributed by atoms with Crippen LogP contribution in [0.3, 0.4) is 0 Å². The van der Waals surface area contributed by atoms with E-state index in [1.165, 1.54) is 17.4 Å². The molecule has 0 saturated heterocycles. The number of rotatable bonds is 4. The van der Waals surface area contributed by atoms with Crippen molar-refractivity contribution in [2.45, 2.75) is 11.3 Å². The van der Waals surface area contributed by atoms with Crippen LogP contribution in [0.15, 0.2) is 39.9 Å². The van der Waals surface area contributed by atoms with Crippen LogP contribution in [0, 0.1) is 5.82 Å². The maximum absolute atomic E-state index is 12.9. The third-order valence-electron chi connectivity index (χ3n) is 2.55. The zero-order valence-corrected chi connectivity index (χ0v) is 11.1. The predicted molar refractivity (Wildman–Crippen MR) is 70.9 cm³/mol. The van der Waals surface area contributed by atoms with Crippen molar-refractivity contribution in [2.75, 3.05) is 11.5 Å². The van der Waals surface area contributed by atoms with E-state index in [0.717, 1.165) is 17.7 Å². The predicted octanol–water partition coefficient (Wildman–Crippen LogP) is 2.49. The van der Waals surface area contributed by atoms with E-state index in [2.05, 4.69) is 0 Å². The Labute approximate surface area is 109 Å². The molecule has 0 atom stereocenters. The van der Waals surface area contributed by atoms with Crippen LogP contribution in [0.1, 0.15) is 5.56 Å². The van der Waals surface area contributed by atoms with Gasteiger partial charge >= 0.3 is 0 Å². The second-order valence-electron chi connectivity index (χ2n) is 3.88. The van der Waals surface area contributed by atoms with Crippen LogP contribution in [-0.2, 0) is 16.3 Å². The lowest BCUT2D eigenvalue weighted by molar-refractivity contribution is 0.594. The smallest absolute Gasteiger partial charge is 0.180 e. The van der Waals surface area contributed by atoms with E-state index >= 15 is 0 Å². The number of benzene rings is 1. The van der Waals surface area contributed by atoms with Gasteiger partial charge in [0.15, 0.2) is 9.84 Å². The minimum Gasteiger partial charge on any atom is -0.398 e. The Hall–Kier alpha value is -1.40. The largest absolute Gasteiger partial charge is 0.398 e. The quantitative estimate of drug-likeness (QED) is 0.693. The van der Waals surface area contributed by atoms with Gasteiger partial charge in [-0.2, -0.15) is 11.3 Å². The Kier molecular flexibility index (Phi) is 3.68. The highest BCUT2D eigenvalue weighted by Gasteiger charge is 2.18. The topological polar surface area (TPSA) is 60.2 Å². The van der Waals surface area contributed by atoms with Crippen molar-refractivity contribution >= 4 is 26.9 Å². The van der Waals surface area contributed by atoms with Crippen LogP contribution in [-0.4, -0.2) is 14.2 Å². The number of halogens is 1. The van der Waals surface area contributed by atoms with Crippen molar-refractivity contribution in [1.82, 2.24) is 0 Å². The van der Waals surface area contributed by atoms with E-state index in [9.17, 15) is 12.8 Å². The average Bonchev–Trinajstić information content (AvgIpc) is 2.78. The lowest BCUT2D eigenvalue weighted by atomic mass is 10.3. The normalized spacial score (nSPS) is 11.6. The van der Waals surface area contributed by atoms with Gasteiger partial charge in [0.25, 0.3) is 0 Å². The molecule has 0 spiro atoms. The van der Waals surface area contributed by atoms with E-state index in [-0.39, 0.29) is 16.3 Å². The SMILES string of the molecule is Nc1cc(F)ccc1S(=O)(=O)CCc1ccsc1. The molecular weight excluding hydrogens is 273 g/mol. The molecule has 0 radical (unpaired) electrons. The van der Waals surface area contributed by atoms with Crippen LogP contribution in [0.4, 0.5) is 10.1 Å². The molecule has 0 aliphatic rings. The molecule has 2 N–H and O–H groups in total. The average molecular weight is 285 g/mol. The van der Waals surface area contributed by atoms with E-state index < -0.39 is 15.7 Å². The molecule has 6 heteroatoms. The Morgan fingerprint density at radius 3 is 2.67 bits per heavy atom.